The Kier molecular flexibility index (Phi) is 12.9. The van der Waals surface area contributed by atoms with Crippen molar-refractivity contribution in [3.63, 3.8) is 0 Å². The molecule has 41 heavy (non-hydrogen) atoms. The monoisotopic (exact) mass is 656 g/mol. The average Bonchev–Trinajstić information content (AvgIpc) is 2.83. The lowest BCUT2D eigenvalue weighted by molar-refractivity contribution is -0.340. The quantitative estimate of drug-likeness (QED) is 0.177. The van der Waals surface area contributed by atoms with Crippen molar-refractivity contribution in [3.8, 4) is 0 Å². The maximum Gasteiger partial charge on any atom is 0.303 e. The van der Waals surface area contributed by atoms with E-state index >= 15 is 0 Å². The smallest absolute Gasteiger partial charge is 0.303 e. The number of ether oxygens (including phenoxy) is 9. The molecule has 2 rings (SSSR count). The Morgan fingerprint density at radius 2 is 1.02 bits per heavy atom. The van der Waals surface area contributed by atoms with Gasteiger partial charge in [0.2, 0.25) is 0 Å². The molecular weight excluding hydrogens is 624 g/mol. The van der Waals surface area contributed by atoms with Crippen LogP contribution in [0, 0.1) is 0 Å². The Balaban J connectivity index is 2.63. The van der Waals surface area contributed by atoms with Gasteiger partial charge in [-0.3, -0.25) is 28.8 Å². The summed E-state index contributed by atoms with van der Waals surface area (Å²) in [6, 6.07) is 0. The first-order valence-electron chi connectivity index (χ1n) is 12.3. The molecule has 2 aliphatic heterocycles. The van der Waals surface area contributed by atoms with Gasteiger partial charge < -0.3 is 47.7 Å². The second kappa shape index (κ2) is 15.4. The summed E-state index contributed by atoms with van der Waals surface area (Å²) in [5.74, 6) is -4.87. The molecule has 0 amide bonds. The molecule has 0 aromatic heterocycles. The van der Waals surface area contributed by atoms with Gasteiger partial charge in [0.1, 0.15) is 24.9 Å². The number of aliphatic hydroxyl groups excluding tert-OH is 1. The van der Waals surface area contributed by atoms with Crippen molar-refractivity contribution in [3.05, 3.63) is 0 Å². The zero-order chi connectivity index (χ0) is 31.0. The summed E-state index contributed by atoms with van der Waals surface area (Å²) < 4.78 is 49.5. The van der Waals surface area contributed by atoms with Crippen LogP contribution in [0.5, 0.6) is 0 Å². The van der Waals surface area contributed by atoms with Gasteiger partial charge in [-0.1, -0.05) is 15.9 Å². The molecule has 2 aliphatic rings. The zero-order valence-electron chi connectivity index (χ0n) is 23.1. The van der Waals surface area contributed by atoms with Gasteiger partial charge in [-0.25, -0.2) is 0 Å². The zero-order valence-corrected chi connectivity index (χ0v) is 24.7. The number of aliphatic hydroxyl groups is 1. The lowest BCUT2D eigenvalue weighted by atomic mass is 9.96. The second-order valence-electron chi connectivity index (χ2n) is 9.02. The van der Waals surface area contributed by atoms with E-state index in [-0.39, 0.29) is 0 Å². The van der Waals surface area contributed by atoms with Gasteiger partial charge >= 0.3 is 35.8 Å². The summed E-state index contributed by atoms with van der Waals surface area (Å²) >= 11 is 3.21. The number of hydrogen-bond donors (Lipinski definition) is 1. The predicted molar refractivity (Wildman–Crippen MR) is 133 cm³/mol. The SMILES string of the molecule is CC(=O)OC[C@H]1O[C@@H](O[C@@H]2[C@@H](OC(C)=O)[C@@H](Br)O[C@H](CO)[C@H]2OC(C)=O)[C@H](OC(C)=O)[C@@H](OC(C)=O)[C@@H]1OC(C)=O. The van der Waals surface area contributed by atoms with E-state index in [4.69, 9.17) is 42.6 Å². The number of rotatable bonds is 10. The fourth-order valence-electron chi connectivity index (χ4n) is 4.27. The Hall–Kier alpha value is -2.86. The molecule has 10 atom stereocenters. The topological polar surface area (TPSA) is 206 Å². The van der Waals surface area contributed by atoms with E-state index < -0.39 is 109 Å². The van der Waals surface area contributed by atoms with Crippen LogP contribution in [0.1, 0.15) is 41.5 Å². The summed E-state index contributed by atoms with van der Waals surface area (Å²) in [6.07, 6.45) is -13.0. The third kappa shape index (κ3) is 9.88. The van der Waals surface area contributed by atoms with Crippen molar-refractivity contribution < 1.29 is 76.5 Å². The van der Waals surface area contributed by atoms with Crippen LogP contribution in [0.3, 0.4) is 0 Å². The maximum absolute atomic E-state index is 12.1. The molecule has 0 aliphatic carbocycles. The highest BCUT2D eigenvalue weighted by Crippen LogP contribution is 2.36. The highest BCUT2D eigenvalue weighted by Gasteiger charge is 2.57. The molecule has 17 heteroatoms. The standard InChI is InChI=1S/C24H33BrO16/c1-9(27)33-8-16-18(35-11(3)29)20(36-12(4)30)22(38-14(6)32)24(40-16)41-19-17(34-10(2)28)15(7-26)39-23(25)21(19)37-13(5)31/h15-24,26H,7-8H2,1-6H3/t15-,16-,17-,18-,19+,20+,21-,22-,23+,24+/m1/s1. The van der Waals surface area contributed by atoms with E-state index in [2.05, 4.69) is 15.9 Å². The van der Waals surface area contributed by atoms with Crippen molar-refractivity contribution in [2.24, 2.45) is 0 Å². The first kappa shape index (κ1) is 34.3. The lowest BCUT2D eigenvalue weighted by Gasteiger charge is -2.48. The van der Waals surface area contributed by atoms with Crippen LogP contribution in [0.2, 0.25) is 0 Å². The first-order valence-corrected chi connectivity index (χ1v) is 13.3. The van der Waals surface area contributed by atoms with Gasteiger partial charge in [-0.05, 0) is 0 Å². The number of carbonyl (C=O) groups excluding carboxylic acids is 6. The fourth-order valence-corrected chi connectivity index (χ4v) is 4.96. The minimum Gasteiger partial charge on any atom is -0.463 e. The molecular formula is C24H33BrO16. The van der Waals surface area contributed by atoms with E-state index in [1.165, 1.54) is 0 Å². The molecule has 0 bridgehead atoms. The summed E-state index contributed by atoms with van der Waals surface area (Å²) in [7, 11) is 0. The molecule has 0 saturated carbocycles. The summed E-state index contributed by atoms with van der Waals surface area (Å²) in [4.78, 5) is 71.6. The molecule has 232 valence electrons. The number of alkyl halides is 1. The van der Waals surface area contributed by atoms with Gasteiger partial charge in [0.25, 0.3) is 0 Å². The van der Waals surface area contributed by atoms with Crippen LogP contribution in [-0.2, 0) is 71.4 Å². The number of halogens is 1. The van der Waals surface area contributed by atoms with Crippen molar-refractivity contribution in [2.75, 3.05) is 13.2 Å². The van der Waals surface area contributed by atoms with Crippen LogP contribution in [0.25, 0.3) is 0 Å². The molecule has 0 unspecified atom stereocenters. The summed E-state index contributed by atoms with van der Waals surface area (Å²) in [5.41, 5.74) is 0. The van der Waals surface area contributed by atoms with E-state index in [1.54, 1.807) is 0 Å². The second-order valence-corrected chi connectivity index (χ2v) is 9.93. The third-order valence-corrected chi connectivity index (χ3v) is 6.34. The van der Waals surface area contributed by atoms with Crippen molar-refractivity contribution in [1.82, 2.24) is 0 Å². The van der Waals surface area contributed by atoms with Crippen molar-refractivity contribution in [2.45, 2.75) is 102 Å². The van der Waals surface area contributed by atoms with Gasteiger partial charge in [-0.15, -0.1) is 0 Å². The molecule has 2 fully saturated rings. The van der Waals surface area contributed by atoms with E-state index in [1.807, 2.05) is 0 Å². The summed E-state index contributed by atoms with van der Waals surface area (Å²) in [6.45, 7) is 5.28. The number of hydrogen-bond acceptors (Lipinski definition) is 16. The lowest BCUT2D eigenvalue weighted by Crippen LogP contribution is -2.66. The van der Waals surface area contributed by atoms with E-state index in [0.29, 0.717) is 0 Å². The highest BCUT2D eigenvalue weighted by molar-refractivity contribution is 9.09. The van der Waals surface area contributed by atoms with Gasteiger partial charge in [-0.2, -0.15) is 0 Å². The molecule has 2 heterocycles. The van der Waals surface area contributed by atoms with Gasteiger partial charge in [0.05, 0.1) is 6.61 Å². The van der Waals surface area contributed by atoms with E-state index in [9.17, 15) is 33.9 Å². The Labute approximate surface area is 243 Å². The normalized spacial score (nSPS) is 33.1. The minimum atomic E-state index is -1.70. The number of esters is 6. The Morgan fingerprint density at radius 1 is 0.585 bits per heavy atom. The minimum absolute atomic E-state index is 0.521. The average molecular weight is 657 g/mol. The largest absolute Gasteiger partial charge is 0.463 e. The van der Waals surface area contributed by atoms with Crippen molar-refractivity contribution >= 4 is 51.7 Å². The highest BCUT2D eigenvalue weighted by atomic mass is 79.9. The molecule has 2 saturated heterocycles. The van der Waals surface area contributed by atoms with Gasteiger partial charge in [0, 0.05) is 41.5 Å². The van der Waals surface area contributed by atoms with Crippen LogP contribution < -0.4 is 0 Å². The maximum atomic E-state index is 12.1. The third-order valence-electron chi connectivity index (χ3n) is 5.60. The number of carbonyl (C=O) groups is 6. The predicted octanol–water partition coefficient (Wildman–Crippen LogP) is -0.570. The van der Waals surface area contributed by atoms with Crippen LogP contribution in [-0.4, -0.2) is 114 Å². The Morgan fingerprint density at radius 3 is 1.49 bits per heavy atom. The Bertz CT molecular complexity index is 987. The van der Waals surface area contributed by atoms with Crippen LogP contribution in [0.15, 0.2) is 0 Å². The van der Waals surface area contributed by atoms with E-state index in [0.717, 1.165) is 41.5 Å². The molecule has 1 N–H and O–H groups in total. The van der Waals surface area contributed by atoms with Crippen molar-refractivity contribution in [1.29, 1.82) is 0 Å². The van der Waals surface area contributed by atoms with Crippen LogP contribution in [0.4, 0.5) is 0 Å². The molecule has 0 aromatic carbocycles. The molecule has 0 radical (unpaired) electrons. The molecule has 0 spiro atoms. The van der Waals surface area contributed by atoms with Gasteiger partial charge in [0.15, 0.2) is 41.8 Å². The van der Waals surface area contributed by atoms with Crippen LogP contribution >= 0.6 is 15.9 Å². The molecule has 0 aromatic rings. The fraction of sp³-hybridized carbons (Fsp3) is 0.750. The first-order chi connectivity index (χ1) is 19.1. The molecule has 16 nitrogen and oxygen atoms in total. The summed E-state index contributed by atoms with van der Waals surface area (Å²) in [5, 5.41) is 8.83.